The number of aromatic nitrogens is 2. The van der Waals surface area contributed by atoms with Gasteiger partial charge in [-0.15, -0.1) is 0 Å². The zero-order valence-electron chi connectivity index (χ0n) is 11.6. The van der Waals surface area contributed by atoms with Crippen molar-refractivity contribution in [3.05, 3.63) is 5.69 Å². The van der Waals surface area contributed by atoms with E-state index in [0.29, 0.717) is 12.0 Å². The molecule has 1 fully saturated rings. The minimum atomic E-state index is 0.318. The third kappa shape index (κ3) is 2.77. The van der Waals surface area contributed by atoms with Crippen molar-refractivity contribution in [2.24, 2.45) is 5.92 Å². The van der Waals surface area contributed by atoms with E-state index in [4.69, 9.17) is 10.5 Å². The van der Waals surface area contributed by atoms with Gasteiger partial charge < -0.3 is 15.8 Å². The summed E-state index contributed by atoms with van der Waals surface area (Å²) < 4.78 is 7.35. The number of nitrogen functional groups attached to an aromatic ring is 1. The molecule has 2 heterocycles. The lowest BCUT2D eigenvalue weighted by Gasteiger charge is -2.14. The summed E-state index contributed by atoms with van der Waals surface area (Å²) in [4.78, 5) is 0. The highest BCUT2D eigenvalue weighted by molar-refractivity contribution is 5.64. The van der Waals surface area contributed by atoms with Gasteiger partial charge in [-0.05, 0) is 39.5 Å². The van der Waals surface area contributed by atoms with Crippen molar-refractivity contribution in [2.45, 2.75) is 39.7 Å². The van der Waals surface area contributed by atoms with Crippen LogP contribution in [-0.2, 0) is 4.74 Å². The Hall–Kier alpha value is -1.23. The monoisotopic (exact) mass is 252 g/mol. The van der Waals surface area contributed by atoms with E-state index in [1.54, 1.807) is 0 Å². The molecule has 0 saturated carbocycles. The Labute approximate surface area is 109 Å². The van der Waals surface area contributed by atoms with Crippen molar-refractivity contribution in [3.8, 4) is 0 Å². The number of nitrogens with one attached hydrogen (secondary N) is 1. The number of hydrogen-bond donors (Lipinski definition) is 2. The van der Waals surface area contributed by atoms with Gasteiger partial charge >= 0.3 is 0 Å². The Morgan fingerprint density at radius 1 is 1.56 bits per heavy atom. The van der Waals surface area contributed by atoms with Gasteiger partial charge in [-0.1, -0.05) is 0 Å². The number of nitrogens with zero attached hydrogens (tertiary/aromatic N) is 2. The molecule has 3 N–H and O–H groups in total. The van der Waals surface area contributed by atoms with E-state index in [2.05, 4.69) is 24.3 Å². The lowest BCUT2D eigenvalue weighted by Crippen LogP contribution is -2.14. The first-order valence-electron chi connectivity index (χ1n) is 6.75. The quantitative estimate of drug-likeness (QED) is 0.843. The number of hydrogen-bond acceptors (Lipinski definition) is 4. The molecule has 1 aromatic rings. The number of nitrogens with two attached hydrogens (primary N) is 1. The van der Waals surface area contributed by atoms with Crippen LogP contribution < -0.4 is 11.1 Å². The predicted octanol–water partition coefficient (Wildman–Crippen LogP) is 2.19. The Morgan fingerprint density at radius 2 is 2.33 bits per heavy atom. The lowest BCUT2D eigenvalue weighted by atomic mass is 10.1. The van der Waals surface area contributed by atoms with E-state index < -0.39 is 0 Å². The average Bonchev–Trinajstić information content (AvgIpc) is 2.92. The fourth-order valence-corrected chi connectivity index (χ4v) is 2.32. The lowest BCUT2D eigenvalue weighted by molar-refractivity contribution is 0.185. The minimum absolute atomic E-state index is 0.318. The maximum absolute atomic E-state index is 6.06. The summed E-state index contributed by atoms with van der Waals surface area (Å²) in [6.07, 6.45) is 2.31. The highest BCUT2D eigenvalue weighted by Gasteiger charge is 2.17. The molecule has 0 spiro atoms. The second kappa shape index (κ2) is 5.61. The molecule has 1 saturated heterocycles. The molecule has 2 rings (SSSR count). The molecule has 0 bridgehead atoms. The summed E-state index contributed by atoms with van der Waals surface area (Å²) in [6.45, 7) is 8.92. The van der Waals surface area contributed by atoms with Crippen molar-refractivity contribution in [1.29, 1.82) is 0 Å². The van der Waals surface area contributed by atoms with Crippen molar-refractivity contribution in [1.82, 2.24) is 9.78 Å². The topological polar surface area (TPSA) is 65.1 Å². The highest BCUT2D eigenvalue weighted by atomic mass is 16.5. The largest absolute Gasteiger partial charge is 0.394 e. The van der Waals surface area contributed by atoms with Crippen molar-refractivity contribution >= 4 is 11.5 Å². The highest BCUT2D eigenvalue weighted by Crippen LogP contribution is 2.26. The molecule has 1 atom stereocenters. The first kappa shape index (κ1) is 13.2. The molecular weight excluding hydrogens is 228 g/mol. The fraction of sp³-hybridized carbons (Fsp3) is 0.769. The van der Waals surface area contributed by atoms with Crippen LogP contribution >= 0.6 is 0 Å². The van der Waals surface area contributed by atoms with Gasteiger partial charge in [0.1, 0.15) is 5.82 Å². The number of aryl methyl sites for hydroxylation is 1. The maximum Gasteiger partial charge on any atom is 0.148 e. The minimum Gasteiger partial charge on any atom is -0.394 e. The summed E-state index contributed by atoms with van der Waals surface area (Å²) in [5.41, 5.74) is 7.73. The summed E-state index contributed by atoms with van der Waals surface area (Å²) in [5, 5.41) is 7.90. The van der Waals surface area contributed by atoms with Crippen LogP contribution in [0.1, 0.15) is 38.4 Å². The van der Waals surface area contributed by atoms with Gasteiger partial charge in [0.15, 0.2) is 0 Å². The van der Waals surface area contributed by atoms with Gasteiger partial charge in [-0.3, -0.25) is 0 Å². The second-order valence-corrected chi connectivity index (χ2v) is 5.33. The van der Waals surface area contributed by atoms with Gasteiger partial charge in [0.25, 0.3) is 0 Å². The first-order chi connectivity index (χ1) is 8.59. The number of ether oxygens (including phenoxy) is 1. The van der Waals surface area contributed by atoms with Gasteiger partial charge in [-0.2, -0.15) is 5.10 Å². The number of rotatable bonds is 5. The van der Waals surface area contributed by atoms with Crippen LogP contribution in [0, 0.1) is 12.8 Å². The smallest absolute Gasteiger partial charge is 0.148 e. The third-order valence-corrected chi connectivity index (χ3v) is 3.49. The molecule has 5 nitrogen and oxygen atoms in total. The van der Waals surface area contributed by atoms with Crippen LogP contribution in [0.5, 0.6) is 0 Å². The third-order valence-electron chi connectivity index (χ3n) is 3.49. The van der Waals surface area contributed by atoms with Crippen molar-refractivity contribution < 1.29 is 4.74 Å². The molecule has 1 aliphatic rings. The van der Waals surface area contributed by atoms with Crippen LogP contribution in [0.15, 0.2) is 0 Å². The zero-order chi connectivity index (χ0) is 13.1. The SMILES string of the molecule is Cc1nn(C(C)C)c(NCCC2CCOC2)c1N. The molecule has 18 heavy (non-hydrogen) atoms. The molecule has 1 unspecified atom stereocenters. The van der Waals surface area contributed by atoms with E-state index in [-0.39, 0.29) is 0 Å². The Morgan fingerprint density at radius 3 is 2.94 bits per heavy atom. The molecule has 1 aromatic heterocycles. The van der Waals surface area contributed by atoms with E-state index in [0.717, 1.165) is 43.4 Å². The van der Waals surface area contributed by atoms with Gasteiger partial charge in [0.05, 0.1) is 11.4 Å². The molecule has 0 amide bonds. The number of anilines is 2. The van der Waals surface area contributed by atoms with E-state index >= 15 is 0 Å². The predicted molar refractivity (Wildman–Crippen MR) is 73.8 cm³/mol. The average molecular weight is 252 g/mol. The van der Waals surface area contributed by atoms with Crippen LogP contribution in [0.25, 0.3) is 0 Å². The van der Waals surface area contributed by atoms with Crippen LogP contribution in [0.3, 0.4) is 0 Å². The summed E-state index contributed by atoms with van der Waals surface area (Å²) in [5.74, 6) is 1.65. The molecule has 102 valence electrons. The molecule has 0 aliphatic carbocycles. The van der Waals surface area contributed by atoms with Gasteiger partial charge in [0.2, 0.25) is 0 Å². The molecular formula is C13H24N4O. The summed E-state index contributed by atoms with van der Waals surface area (Å²) in [6, 6.07) is 0.318. The fourth-order valence-electron chi connectivity index (χ4n) is 2.32. The molecule has 0 radical (unpaired) electrons. The van der Waals surface area contributed by atoms with Gasteiger partial charge in [0, 0.05) is 25.8 Å². The van der Waals surface area contributed by atoms with Crippen molar-refractivity contribution in [3.63, 3.8) is 0 Å². The standard InChI is InChI=1S/C13H24N4O/c1-9(2)17-13(12(14)10(3)16-17)15-6-4-11-5-7-18-8-11/h9,11,15H,4-8,14H2,1-3H3. The van der Waals surface area contributed by atoms with Crippen molar-refractivity contribution in [2.75, 3.05) is 30.8 Å². The Bertz CT molecular complexity index is 394. The molecule has 0 aromatic carbocycles. The summed E-state index contributed by atoms with van der Waals surface area (Å²) in [7, 11) is 0. The van der Waals surface area contributed by atoms with E-state index in [1.807, 2.05) is 11.6 Å². The van der Waals surface area contributed by atoms with Crippen LogP contribution in [0.2, 0.25) is 0 Å². The zero-order valence-corrected chi connectivity index (χ0v) is 11.6. The Balaban J connectivity index is 1.95. The van der Waals surface area contributed by atoms with E-state index in [1.165, 1.54) is 6.42 Å². The van der Waals surface area contributed by atoms with E-state index in [9.17, 15) is 0 Å². The second-order valence-electron chi connectivity index (χ2n) is 5.33. The van der Waals surface area contributed by atoms with Gasteiger partial charge in [-0.25, -0.2) is 4.68 Å². The summed E-state index contributed by atoms with van der Waals surface area (Å²) >= 11 is 0. The molecule has 1 aliphatic heterocycles. The van der Waals surface area contributed by atoms with Crippen LogP contribution in [0.4, 0.5) is 11.5 Å². The Kier molecular flexibility index (Phi) is 4.11. The molecule has 5 heteroatoms. The van der Waals surface area contributed by atoms with Crippen LogP contribution in [-0.4, -0.2) is 29.5 Å². The normalized spacial score (nSPS) is 19.7. The first-order valence-corrected chi connectivity index (χ1v) is 6.75. The maximum atomic E-state index is 6.06.